The van der Waals surface area contributed by atoms with E-state index < -0.39 is 0 Å². The zero-order valence-corrected chi connectivity index (χ0v) is 10.8. The molecule has 1 saturated heterocycles. The molecule has 2 radical (unpaired) electrons. The molecule has 0 aromatic heterocycles. The summed E-state index contributed by atoms with van der Waals surface area (Å²) in [7, 11) is 0. The second kappa shape index (κ2) is 6.74. The average molecular weight is 238 g/mol. The van der Waals surface area contributed by atoms with Crippen molar-refractivity contribution in [1.82, 2.24) is 9.80 Å². The summed E-state index contributed by atoms with van der Waals surface area (Å²) in [5.74, 6) is -0.0758. The summed E-state index contributed by atoms with van der Waals surface area (Å²) in [5, 5.41) is 0. The van der Waals surface area contributed by atoms with E-state index in [-0.39, 0.29) is 24.2 Å². The van der Waals surface area contributed by atoms with Gasteiger partial charge in [0.1, 0.15) is 0 Å². The first kappa shape index (κ1) is 14.2. The summed E-state index contributed by atoms with van der Waals surface area (Å²) < 4.78 is 0. The molecule has 1 heterocycles. The van der Waals surface area contributed by atoms with Crippen LogP contribution in [-0.2, 0) is 9.59 Å². The van der Waals surface area contributed by atoms with Crippen LogP contribution in [0, 0.1) is 12.8 Å². The van der Waals surface area contributed by atoms with Crippen LogP contribution in [0.4, 0.5) is 0 Å². The van der Waals surface area contributed by atoms with Gasteiger partial charge in [-0.05, 0) is 33.2 Å². The number of carbonyl (C=O) groups is 2. The fourth-order valence-electron chi connectivity index (χ4n) is 2.41. The lowest BCUT2D eigenvalue weighted by atomic mass is 9.96. The van der Waals surface area contributed by atoms with Gasteiger partial charge in [0.25, 0.3) is 0 Å². The quantitative estimate of drug-likeness (QED) is 0.713. The molecule has 0 N–H and O–H groups in total. The number of amides is 1. The van der Waals surface area contributed by atoms with Crippen LogP contribution in [0.5, 0.6) is 0 Å². The molecule has 1 aliphatic rings. The Hall–Kier alpha value is -0.900. The van der Waals surface area contributed by atoms with E-state index in [1.807, 2.05) is 23.6 Å². The first-order chi connectivity index (χ1) is 8.08. The fraction of sp³-hybridized carbons (Fsp3) is 0.769. The van der Waals surface area contributed by atoms with Gasteiger partial charge >= 0.3 is 0 Å². The Morgan fingerprint density at radius 1 is 1.35 bits per heavy atom. The SMILES string of the molecule is [CH]C(=O)CN1CCCC(C(=O)N(CC)CC)C1. The molecule has 96 valence electrons. The zero-order valence-electron chi connectivity index (χ0n) is 10.8. The van der Waals surface area contributed by atoms with Crippen LogP contribution in [0.3, 0.4) is 0 Å². The Balaban J connectivity index is 2.53. The lowest BCUT2D eigenvalue weighted by Gasteiger charge is -2.33. The molecule has 1 rings (SSSR count). The Bertz CT molecular complexity index is 275. The second-order valence-corrected chi connectivity index (χ2v) is 4.55. The smallest absolute Gasteiger partial charge is 0.226 e. The molecule has 1 aliphatic heterocycles. The van der Waals surface area contributed by atoms with Crippen LogP contribution >= 0.6 is 0 Å². The van der Waals surface area contributed by atoms with Crippen molar-refractivity contribution in [2.45, 2.75) is 26.7 Å². The first-order valence-corrected chi connectivity index (χ1v) is 6.37. The summed E-state index contributed by atoms with van der Waals surface area (Å²) in [6, 6.07) is 0. The third-order valence-corrected chi connectivity index (χ3v) is 3.31. The number of likely N-dealkylation sites (tertiary alicyclic amines) is 1. The van der Waals surface area contributed by atoms with E-state index >= 15 is 0 Å². The second-order valence-electron chi connectivity index (χ2n) is 4.55. The van der Waals surface area contributed by atoms with Crippen LogP contribution in [-0.4, -0.2) is 54.2 Å². The van der Waals surface area contributed by atoms with Crippen LogP contribution in [0.15, 0.2) is 0 Å². The normalized spacial score (nSPS) is 21.2. The van der Waals surface area contributed by atoms with E-state index in [0.29, 0.717) is 6.54 Å². The highest BCUT2D eigenvalue weighted by Gasteiger charge is 2.28. The number of rotatable bonds is 5. The number of Topliss-reactive ketones (excluding diaryl/α,β-unsaturated/α-hetero) is 1. The first-order valence-electron chi connectivity index (χ1n) is 6.37. The van der Waals surface area contributed by atoms with E-state index in [4.69, 9.17) is 6.92 Å². The molecule has 4 heteroatoms. The van der Waals surface area contributed by atoms with E-state index in [2.05, 4.69) is 0 Å². The molecule has 0 aliphatic carbocycles. The van der Waals surface area contributed by atoms with Crippen molar-refractivity contribution in [3.63, 3.8) is 0 Å². The van der Waals surface area contributed by atoms with Crippen LogP contribution in [0.25, 0.3) is 0 Å². The molecule has 0 aromatic carbocycles. The minimum atomic E-state index is -0.319. The average Bonchev–Trinajstić information content (AvgIpc) is 2.30. The maximum atomic E-state index is 12.2. The molecule has 0 bridgehead atoms. The van der Waals surface area contributed by atoms with Gasteiger partial charge in [0.2, 0.25) is 5.91 Å². The molecular formula is C13H22N2O2. The number of hydrogen-bond acceptors (Lipinski definition) is 3. The van der Waals surface area contributed by atoms with E-state index in [1.54, 1.807) is 0 Å². The van der Waals surface area contributed by atoms with Gasteiger partial charge in [-0.3, -0.25) is 14.5 Å². The van der Waals surface area contributed by atoms with Crippen molar-refractivity contribution >= 4 is 11.7 Å². The third-order valence-electron chi connectivity index (χ3n) is 3.31. The molecule has 4 nitrogen and oxygen atoms in total. The predicted molar refractivity (Wildman–Crippen MR) is 66.4 cm³/mol. The molecular weight excluding hydrogens is 216 g/mol. The maximum Gasteiger partial charge on any atom is 0.226 e. The number of carbonyl (C=O) groups excluding carboxylic acids is 2. The van der Waals surface area contributed by atoms with Crippen LogP contribution in [0.2, 0.25) is 0 Å². The number of piperidine rings is 1. The molecule has 1 amide bonds. The van der Waals surface area contributed by atoms with Gasteiger partial charge in [-0.25, -0.2) is 0 Å². The molecule has 0 saturated carbocycles. The van der Waals surface area contributed by atoms with Crippen LogP contribution < -0.4 is 0 Å². The van der Waals surface area contributed by atoms with Gasteiger partial charge < -0.3 is 4.90 Å². The molecule has 17 heavy (non-hydrogen) atoms. The summed E-state index contributed by atoms with van der Waals surface area (Å²) in [6.07, 6.45) is 1.88. The van der Waals surface area contributed by atoms with Crippen LogP contribution in [0.1, 0.15) is 26.7 Å². The van der Waals surface area contributed by atoms with Gasteiger partial charge in [0.15, 0.2) is 5.78 Å². The maximum absolute atomic E-state index is 12.2. The van der Waals surface area contributed by atoms with Crippen molar-refractivity contribution in [2.75, 3.05) is 32.7 Å². The van der Waals surface area contributed by atoms with Crippen molar-refractivity contribution < 1.29 is 9.59 Å². The largest absolute Gasteiger partial charge is 0.343 e. The summed E-state index contributed by atoms with van der Waals surface area (Å²) in [4.78, 5) is 26.9. The van der Waals surface area contributed by atoms with Crippen molar-refractivity contribution in [3.8, 4) is 0 Å². The Labute approximate surface area is 104 Å². The Kier molecular flexibility index (Phi) is 5.62. The molecule has 0 spiro atoms. The van der Waals surface area contributed by atoms with E-state index in [0.717, 1.165) is 32.5 Å². The third kappa shape index (κ3) is 4.11. The van der Waals surface area contributed by atoms with E-state index in [1.165, 1.54) is 0 Å². The van der Waals surface area contributed by atoms with Gasteiger partial charge in [-0.2, -0.15) is 0 Å². The van der Waals surface area contributed by atoms with Crippen molar-refractivity contribution in [2.24, 2.45) is 5.92 Å². The van der Waals surface area contributed by atoms with Gasteiger partial charge in [-0.15, -0.1) is 0 Å². The van der Waals surface area contributed by atoms with Crippen molar-refractivity contribution in [3.05, 3.63) is 6.92 Å². The Morgan fingerprint density at radius 2 is 2.00 bits per heavy atom. The molecule has 1 unspecified atom stereocenters. The van der Waals surface area contributed by atoms with Gasteiger partial charge in [-0.1, -0.05) is 0 Å². The molecule has 1 atom stereocenters. The Morgan fingerprint density at radius 3 is 2.53 bits per heavy atom. The fourth-order valence-corrected chi connectivity index (χ4v) is 2.41. The predicted octanol–water partition coefficient (Wildman–Crippen LogP) is 0.847. The number of hydrogen-bond donors (Lipinski definition) is 0. The minimum Gasteiger partial charge on any atom is -0.343 e. The summed E-state index contributed by atoms with van der Waals surface area (Å²) >= 11 is 0. The lowest BCUT2D eigenvalue weighted by molar-refractivity contribution is -0.137. The summed E-state index contributed by atoms with van der Waals surface area (Å²) in [5.41, 5.74) is 0. The van der Waals surface area contributed by atoms with Crippen molar-refractivity contribution in [1.29, 1.82) is 0 Å². The molecule has 1 fully saturated rings. The number of ketones is 1. The monoisotopic (exact) mass is 238 g/mol. The lowest BCUT2D eigenvalue weighted by Crippen LogP contribution is -2.45. The minimum absolute atomic E-state index is 0.0306. The topological polar surface area (TPSA) is 40.6 Å². The van der Waals surface area contributed by atoms with Gasteiger partial charge in [0.05, 0.1) is 12.5 Å². The van der Waals surface area contributed by atoms with Gasteiger partial charge in [0, 0.05) is 26.6 Å². The highest BCUT2D eigenvalue weighted by Crippen LogP contribution is 2.18. The number of nitrogens with zero attached hydrogens (tertiary/aromatic N) is 2. The zero-order chi connectivity index (χ0) is 12.8. The highest BCUT2D eigenvalue weighted by atomic mass is 16.2. The molecule has 0 aromatic rings. The highest BCUT2D eigenvalue weighted by molar-refractivity contribution is 5.84. The summed E-state index contributed by atoms with van der Waals surface area (Å²) in [6.45, 7) is 12.5. The standard InChI is InChI=1S/C13H22N2O2/c1-4-15(5-2)13(17)12-7-6-8-14(10-12)9-11(3)16/h3,12H,4-10H2,1-2H3. The van der Waals surface area contributed by atoms with E-state index in [9.17, 15) is 9.59 Å².